The Kier molecular flexibility index (Phi) is 4.24. The van der Waals surface area contributed by atoms with E-state index in [1.54, 1.807) is 13.8 Å². The quantitative estimate of drug-likeness (QED) is 0.502. The Morgan fingerprint density at radius 2 is 1.84 bits per heavy atom. The number of ether oxygens (including phenoxy) is 2. The first-order valence-corrected chi connectivity index (χ1v) is 8.47. The Morgan fingerprint density at radius 3 is 2.48 bits per heavy atom. The third kappa shape index (κ3) is 2.66. The highest BCUT2D eigenvalue weighted by Crippen LogP contribution is 2.52. The summed E-state index contributed by atoms with van der Waals surface area (Å²) in [5.41, 5.74) is 2.58. The fourth-order valence-corrected chi connectivity index (χ4v) is 3.61. The van der Waals surface area contributed by atoms with Crippen molar-refractivity contribution >= 4 is 27.5 Å². The smallest absolute Gasteiger partial charge is 0.347 e. The predicted octanol–water partition coefficient (Wildman–Crippen LogP) is 5.23. The summed E-state index contributed by atoms with van der Waals surface area (Å²) in [6.07, 6.45) is 1.86. The standard InChI is InChI=1S/C19H17BrO5/c1-5-8(2)14-15(20)16(22)10(4)17-18(14)24-12-7-11(21)6-9(3)13(12)19(23)25-17/h5-7,21-22H,1-4H3. The summed E-state index contributed by atoms with van der Waals surface area (Å²) in [6, 6.07) is 2.85. The lowest BCUT2D eigenvalue weighted by Gasteiger charge is -2.18. The van der Waals surface area contributed by atoms with Gasteiger partial charge in [0.2, 0.25) is 0 Å². The van der Waals surface area contributed by atoms with Gasteiger partial charge in [-0.3, -0.25) is 0 Å². The number of halogens is 1. The lowest BCUT2D eigenvalue weighted by Crippen LogP contribution is -2.10. The van der Waals surface area contributed by atoms with Crippen LogP contribution in [0.5, 0.6) is 28.7 Å². The van der Waals surface area contributed by atoms with Crippen molar-refractivity contribution in [3.63, 3.8) is 0 Å². The lowest BCUT2D eigenvalue weighted by atomic mass is 10.0. The van der Waals surface area contributed by atoms with Crippen LogP contribution in [0.4, 0.5) is 0 Å². The first-order chi connectivity index (χ1) is 11.8. The van der Waals surface area contributed by atoms with Gasteiger partial charge in [-0.1, -0.05) is 6.08 Å². The number of aryl methyl sites for hydroxylation is 1. The average molecular weight is 405 g/mol. The highest BCUT2D eigenvalue weighted by Gasteiger charge is 2.32. The van der Waals surface area contributed by atoms with Crippen LogP contribution in [0.3, 0.4) is 0 Å². The van der Waals surface area contributed by atoms with Gasteiger partial charge in [-0.05, 0) is 60.8 Å². The molecule has 0 saturated heterocycles. The van der Waals surface area contributed by atoms with Gasteiger partial charge in [0.25, 0.3) is 0 Å². The molecule has 2 N–H and O–H groups in total. The van der Waals surface area contributed by atoms with Crippen LogP contribution >= 0.6 is 15.9 Å². The highest BCUT2D eigenvalue weighted by atomic mass is 79.9. The molecule has 3 rings (SSSR count). The second-order valence-corrected chi connectivity index (χ2v) is 6.71. The van der Waals surface area contributed by atoms with Crippen LogP contribution in [0.1, 0.15) is 40.9 Å². The topological polar surface area (TPSA) is 76.0 Å². The maximum Gasteiger partial charge on any atom is 0.347 e. The number of phenolic OH excluding ortho intramolecular Hbond substituents is 2. The van der Waals surface area contributed by atoms with E-state index in [4.69, 9.17) is 9.47 Å². The van der Waals surface area contributed by atoms with Gasteiger partial charge in [-0.2, -0.15) is 0 Å². The van der Waals surface area contributed by atoms with Crippen LogP contribution in [-0.2, 0) is 0 Å². The third-order valence-electron chi connectivity index (χ3n) is 4.28. The van der Waals surface area contributed by atoms with Crippen molar-refractivity contribution in [2.45, 2.75) is 27.7 Å². The zero-order valence-electron chi connectivity index (χ0n) is 14.2. The van der Waals surface area contributed by atoms with Crippen molar-refractivity contribution in [3.8, 4) is 28.7 Å². The maximum atomic E-state index is 12.6. The van der Waals surface area contributed by atoms with E-state index in [2.05, 4.69) is 15.9 Å². The van der Waals surface area contributed by atoms with E-state index in [0.29, 0.717) is 26.9 Å². The van der Waals surface area contributed by atoms with Crippen LogP contribution in [0, 0.1) is 13.8 Å². The highest BCUT2D eigenvalue weighted by molar-refractivity contribution is 9.10. The molecule has 0 unspecified atom stereocenters. The number of aromatic hydroxyl groups is 2. The number of esters is 1. The number of hydrogen-bond acceptors (Lipinski definition) is 5. The zero-order valence-corrected chi connectivity index (χ0v) is 15.8. The molecule has 0 aliphatic carbocycles. The van der Waals surface area contributed by atoms with E-state index in [-0.39, 0.29) is 28.6 Å². The summed E-state index contributed by atoms with van der Waals surface area (Å²) in [4.78, 5) is 12.6. The molecule has 0 amide bonds. The minimum Gasteiger partial charge on any atom is -0.508 e. The monoisotopic (exact) mass is 404 g/mol. The minimum atomic E-state index is -0.597. The van der Waals surface area contributed by atoms with Crippen LogP contribution in [-0.4, -0.2) is 16.2 Å². The number of allylic oxidation sites excluding steroid dienone is 2. The van der Waals surface area contributed by atoms with Crippen molar-refractivity contribution in [1.82, 2.24) is 0 Å². The van der Waals surface area contributed by atoms with E-state index >= 15 is 0 Å². The summed E-state index contributed by atoms with van der Waals surface area (Å²) >= 11 is 3.40. The second kappa shape index (κ2) is 6.11. The van der Waals surface area contributed by atoms with Crippen molar-refractivity contribution in [1.29, 1.82) is 0 Å². The van der Waals surface area contributed by atoms with Gasteiger partial charge in [0.15, 0.2) is 11.5 Å². The second-order valence-electron chi connectivity index (χ2n) is 5.92. The van der Waals surface area contributed by atoms with Gasteiger partial charge in [0.1, 0.15) is 22.8 Å². The molecule has 0 atom stereocenters. The molecule has 0 bridgehead atoms. The Bertz CT molecular complexity index is 944. The first kappa shape index (κ1) is 17.4. The molecule has 130 valence electrons. The SMILES string of the molecule is CC=C(C)c1c(Br)c(O)c(C)c2c1Oc1cc(O)cc(C)c1C(=O)O2. The summed E-state index contributed by atoms with van der Waals surface area (Å²) in [6.45, 7) is 7.06. The maximum absolute atomic E-state index is 12.6. The van der Waals surface area contributed by atoms with Gasteiger partial charge in [0, 0.05) is 17.2 Å². The van der Waals surface area contributed by atoms with E-state index in [1.807, 2.05) is 19.9 Å². The number of rotatable bonds is 1. The lowest BCUT2D eigenvalue weighted by molar-refractivity contribution is 0.0735. The molecular weight excluding hydrogens is 388 g/mol. The predicted molar refractivity (Wildman–Crippen MR) is 97.7 cm³/mol. The molecule has 2 aromatic carbocycles. The fourth-order valence-electron chi connectivity index (χ4n) is 2.82. The van der Waals surface area contributed by atoms with Crippen LogP contribution in [0.15, 0.2) is 22.7 Å². The Labute approximate surface area is 153 Å². The molecule has 0 radical (unpaired) electrons. The summed E-state index contributed by atoms with van der Waals surface area (Å²) in [5, 5.41) is 20.3. The molecule has 1 aliphatic rings. The molecule has 0 aromatic heterocycles. The number of phenols is 2. The fraction of sp³-hybridized carbons (Fsp3) is 0.211. The first-order valence-electron chi connectivity index (χ1n) is 7.68. The number of fused-ring (bicyclic) bond motifs is 2. The van der Waals surface area contributed by atoms with Crippen LogP contribution in [0.2, 0.25) is 0 Å². The van der Waals surface area contributed by atoms with Crippen LogP contribution < -0.4 is 9.47 Å². The average Bonchev–Trinajstić information content (AvgIpc) is 2.69. The van der Waals surface area contributed by atoms with Gasteiger partial charge in [-0.25, -0.2) is 4.79 Å². The molecule has 2 aromatic rings. The van der Waals surface area contributed by atoms with Gasteiger partial charge in [-0.15, -0.1) is 0 Å². The molecule has 1 heterocycles. The van der Waals surface area contributed by atoms with Crippen molar-refractivity contribution in [2.75, 3.05) is 0 Å². The molecule has 25 heavy (non-hydrogen) atoms. The number of carbonyl (C=O) groups is 1. The third-order valence-corrected chi connectivity index (χ3v) is 5.05. The van der Waals surface area contributed by atoms with Crippen molar-refractivity contribution in [2.24, 2.45) is 0 Å². The van der Waals surface area contributed by atoms with Crippen molar-refractivity contribution < 1.29 is 24.5 Å². The number of hydrogen-bond donors (Lipinski definition) is 2. The van der Waals surface area contributed by atoms with Gasteiger partial charge >= 0.3 is 5.97 Å². The number of benzene rings is 2. The van der Waals surface area contributed by atoms with Crippen LogP contribution in [0.25, 0.3) is 5.57 Å². The normalized spacial score (nSPS) is 13.5. The largest absolute Gasteiger partial charge is 0.508 e. The molecule has 0 fully saturated rings. The zero-order chi connectivity index (χ0) is 18.5. The molecule has 0 saturated carbocycles. The molecule has 0 spiro atoms. The van der Waals surface area contributed by atoms with Crippen molar-refractivity contribution in [3.05, 3.63) is 44.9 Å². The Balaban J connectivity index is 2.39. The summed E-state index contributed by atoms with van der Waals surface area (Å²) in [5.74, 6) is 0.0682. The van der Waals surface area contributed by atoms with E-state index in [1.165, 1.54) is 12.1 Å². The Morgan fingerprint density at radius 1 is 1.16 bits per heavy atom. The Hall–Kier alpha value is -2.47. The number of carbonyl (C=O) groups excluding carboxylic acids is 1. The van der Waals surface area contributed by atoms with E-state index in [9.17, 15) is 15.0 Å². The molecule has 5 nitrogen and oxygen atoms in total. The molecular formula is C19H17BrO5. The summed E-state index contributed by atoms with van der Waals surface area (Å²) < 4.78 is 12.0. The van der Waals surface area contributed by atoms with Gasteiger partial charge < -0.3 is 19.7 Å². The van der Waals surface area contributed by atoms with Gasteiger partial charge in [0.05, 0.1) is 4.47 Å². The molecule has 1 aliphatic heterocycles. The molecule has 6 heteroatoms. The summed E-state index contributed by atoms with van der Waals surface area (Å²) in [7, 11) is 0. The van der Waals surface area contributed by atoms with E-state index in [0.717, 1.165) is 5.57 Å². The minimum absolute atomic E-state index is 0.00799. The van der Waals surface area contributed by atoms with E-state index < -0.39 is 5.97 Å².